The van der Waals surface area contributed by atoms with Gasteiger partial charge in [-0.05, 0) is 0 Å². The van der Waals surface area contributed by atoms with Gasteiger partial charge in [0.05, 0.1) is 0 Å². The normalized spacial score (nSPS) is 13.3. The molecular formula is C5H2F6N2O. The van der Waals surface area contributed by atoms with Crippen molar-refractivity contribution in [3.8, 4) is 5.88 Å². The molecule has 0 radical (unpaired) electrons. The van der Waals surface area contributed by atoms with Crippen molar-refractivity contribution in [2.24, 2.45) is 0 Å². The van der Waals surface area contributed by atoms with Crippen molar-refractivity contribution in [1.29, 1.82) is 0 Å². The van der Waals surface area contributed by atoms with Gasteiger partial charge in [0, 0.05) is 6.07 Å². The van der Waals surface area contributed by atoms with Crippen LogP contribution in [0.1, 0.15) is 5.69 Å². The van der Waals surface area contributed by atoms with E-state index in [1.54, 1.807) is 0 Å². The summed E-state index contributed by atoms with van der Waals surface area (Å²) < 4.78 is 69.9. The molecule has 3 nitrogen and oxygen atoms in total. The van der Waals surface area contributed by atoms with E-state index < -0.39 is 28.7 Å². The van der Waals surface area contributed by atoms with Crippen molar-refractivity contribution in [3.05, 3.63) is 11.8 Å². The number of alkyl halides is 6. The van der Waals surface area contributed by atoms with Gasteiger partial charge in [0.25, 0.3) is 0 Å². The van der Waals surface area contributed by atoms with Crippen LogP contribution in [-0.4, -0.2) is 14.9 Å². The molecule has 0 fully saturated rings. The van der Waals surface area contributed by atoms with E-state index in [9.17, 15) is 26.3 Å². The molecule has 0 aromatic carbocycles. The highest BCUT2D eigenvalue weighted by Gasteiger charge is 2.41. The molecule has 0 unspecified atom stereocenters. The lowest BCUT2D eigenvalue weighted by Crippen LogP contribution is -2.19. The molecule has 0 atom stereocenters. The van der Waals surface area contributed by atoms with Gasteiger partial charge in [0.2, 0.25) is 5.88 Å². The van der Waals surface area contributed by atoms with Crippen molar-refractivity contribution in [3.63, 3.8) is 0 Å². The number of nitrogens with zero attached hydrogens (tertiary/aromatic N) is 2. The van der Waals surface area contributed by atoms with Gasteiger partial charge < -0.3 is 5.11 Å². The molecule has 1 N–H and O–H groups in total. The van der Waals surface area contributed by atoms with Gasteiger partial charge in [-0.1, -0.05) is 0 Å². The van der Waals surface area contributed by atoms with Crippen LogP contribution in [0.2, 0.25) is 0 Å². The van der Waals surface area contributed by atoms with Crippen molar-refractivity contribution >= 4 is 0 Å². The Kier molecular flexibility index (Phi) is 2.13. The van der Waals surface area contributed by atoms with E-state index in [0.717, 1.165) is 0 Å². The summed E-state index contributed by atoms with van der Waals surface area (Å²) >= 11 is 0. The fourth-order valence-corrected chi connectivity index (χ4v) is 0.696. The third kappa shape index (κ3) is 1.91. The fourth-order valence-electron chi connectivity index (χ4n) is 0.696. The molecule has 0 spiro atoms. The largest absolute Gasteiger partial charge is 0.507 e. The smallest absolute Gasteiger partial charge is 0.493 e. The lowest BCUT2D eigenvalue weighted by atomic mass is 10.4. The Balaban J connectivity index is 3.19. The minimum absolute atomic E-state index is 0.104. The van der Waals surface area contributed by atoms with Crippen LogP contribution in [0.3, 0.4) is 0 Å². The van der Waals surface area contributed by atoms with Crippen molar-refractivity contribution in [2.75, 3.05) is 0 Å². The Morgan fingerprint density at radius 3 is 1.86 bits per heavy atom. The first kappa shape index (κ1) is 10.7. The number of hydrogen-bond acceptors (Lipinski definition) is 2. The third-order valence-corrected chi connectivity index (χ3v) is 1.22. The van der Waals surface area contributed by atoms with Crippen LogP contribution in [0.4, 0.5) is 26.3 Å². The average molecular weight is 220 g/mol. The maximum Gasteiger partial charge on any atom is 0.507 e. The summed E-state index contributed by atoms with van der Waals surface area (Å²) in [5, 5.41) is 10.7. The zero-order valence-electron chi connectivity index (χ0n) is 6.19. The number of rotatable bonds is 0. The molecule has 0 saturated heterocycles. The molecule has 9 heteroatoms. The summed E-state index contributed by atoms with van der Waals surface area (Å²) in [7, 11) is 0. The van der Waals surface area contributed by atoms with E-state index >= 15 is 0 Å². The van der Waals surface area contributed by atoms with E-state index in [0.29, 0.717) is 0 Å². The highest BCUT2D eigenvalue weighted by molar-refractivity contribution is 5.17. The second kappa shape index (κ2) is 2.79. The predicted molar refractivity (Wildman–Crippen MR) is 30.2 cm³/mol. The Bertz CT molecular complexity index is 337. The van der Waals surface area contributed by atoms with Crippen molar-refractivity contribution < 1.29 is 31.4 Å². The Labute approximate surface area is 72.6 Å². The quantitative estimate of drug-likeness (QED) is 0.679. The van der Waals surface area contributed by atoms with Gasteiger partial charge in [0.15, 0.2) is 5.69 Å². The Hall–Kier alpha value is -1.41. The van der Waals surface area contributed by atoms with Gasteiger partial charge in [-0.25, -0.2) is 0 Å². The number of aromatic nitrogens is 2. The van der Waals surface area contributed by atoms with Crippen LogP contribution in [0.15, 0.2) is 6.07 Å². The average Bonchev–Trinajstić information content (AvgIpc) is 2.27. The van der Waals surface area contributed by atoms with Crippen molar-refractivity contribution in [1.82, 2.24) is 9.78 Å². The molecule has 1 aromatic heterocycles. The Morgan fingerprint density at radius 2 is 1.64 bits per heavy atom. The summed E-state index contributed by atoms with van der Waals surface area (Å²) in [5.74, 6) is -1.61. The predicted octanol–water partition coefficient (Wildman–Crippen LogP) is 2.08. The maximum absolute atomic E-state index is 11.8. The van der Waals surface area contributed by atoms with Crippen LogP contribution >= 0.6 is 0 Å². The SMILES string of the molecule is Oc1cc(C(F)(F)F)nn1C(F)(F)F. The summed E-state index contributed by atoms with van der Waals surface area (Å²) in [6, 6.07) is -0.104. The highest BCUT2D eigenvalue weighted by atomic mass is 19.4. The minimum atomic E-state index is -5.17. The molecule has 0 bridgehead atoms. The molecule has 1 rings (SSSR count). The van der Waals surface area contributed by atoms with E-state index in [4.69, 9.17) is 5.11 Å². The molecule has 80 valence electrons. The molecule has 0 aliphatic rings. The van der Waals surface area contributed by atoms with Gasteiger partial charge in [-0.2, -0.15) is 18.3 Å². The van der Waals surface area contributed by atoms with Crippen LogP contribution in [0.25, 0.3) is 0 Å². The van der Waals surface area contributed by atoms with Crippen LogP contribution in [0.5, 0.6) is 5.88 Å². The fraction of sp³-hybridized carbons (Fsp3) is 0.400. The molecule has 1 aromatic rings. The van der Waals surface area contributed by atoms with E-state index in [2.05, 4.69) is 5.10 Å². The first-order chi connectivity index (χ1) is 6.12. The number of hydrogen-bond donors (Lipinski definition) is 1. The van der Waals surface area contributed by atoms with Crippen LogP contribution in [-0.2, 0) is 12.5 Å². The van der Waals surface area contributed by atoms with Crippen LogP contribution in [0, 0.1) is 0 Å². The second-order valence-corrected chi connectivity index (χ2v) is 2.27. The lowest BCUT2D eigenvalue weighted by molar-refractivity contribution is -0.216. The first-order valence-corrected chi connectivity index (χ1v) is 3.06. The van der Waals surface area contributed by atoms with Crippen molar-refractivity contribution in [2.45, 2.75) is 12.5 Å². The highest BCUT2D eigenvalue weighted by Crippen LogP contribution is 2.34. The standard InChI is InChI=1S/C5H2F6N2O/c6-4(7,8)2-1-3(14)13(12-2)5(9,10)11/h1,14H. The third-order valence-electron chi connectivity index (χ3n) is 1.22. The monoisotopic (exact) mass is 220 g/mol. The number of halogens is 6. The minimum Gasteiger partial charge on any atom is -0.493 e. The van der Waals surface area contributed by atoms with Gasteiger partial charge in [-0.15, -0.1) is 17.9 Å². The maximum atomic E-state index is 11.8. The molecule has 14 heavy (non-hydrogen) atoms. The summed E-state index contributed by atoms with van der Waals surface area (Å²) in [5.41, 5.74) is -1.80. The topological polar surface area (TPSA) is 38.1 Å². The first-order valence-electron chi connectivity index (χ1n) is 3.06. The molecule has 0 aliphatic heterocycles. The van der Waals surface area contributed by atoms with E-state index in [1.165, 1.54) is 0 Å². The van der Waals surface area contributed by atoms with Gasteiger partial charge >= 0.3 is 12.5 Å². The Morgan fingerprint density at radius 1 is 1.14 bits per heavy atom. The van der Waals surface area contributed by atoms with Gasteiger partial charge in [0.1, 0.15) is 0 Å². The summed E-state index contributed by atoms with van der Waals surface area (Å²) in [4.78, 5) is 0. The lowest BCUT2D eigenvalue weighted by Gasteiger charge is -2.06. The summed E-state index contributed by atoms with van der Waals surface area (Å²) in [6.45, 7) is 0. The van der Waals surface area contributed by atoms with Crippen LogP contribution < -0.4 is 0 Å². The molecular weight excluding hydrogens is 218 g/mol. The van der Waals surface area contributed by atoms with Gasteiger partial charge in [-0.3, -0.25) is 0 Å². The molecule has 0 amide bonds. The molecule has 0 aliphatic carbocycles. The second-order valence-electron chi connectivity index (χ2n) is 2.27. The van der Waals surface area contributed by atoms with E-state index in [1.807, 2.05) is 0 Å². The molecule has 1 heterocycles. The zero-order valence-corrected chi connectivity index (χ0v) is 6.19. The summed E-state index contributed by atoms with van der Waals surface area (Å²) in [6.07, 6.45) is -10.2. The van der Waals surface area contributed by atoms with E-state index in [-0.39, 0.29) is 6.07 Å². The molecule has 0 saturated carbocycles. The zero-order chi connectivity index (χ0) is 11.1. The number of aromatic hydroxyl groups is 1.